The second kappa shape index (κ2) is 11.3. The van der Waals surface area contributed by atoms with Crippen molar-refractivity contribution in [2.24, 2.45) is 0 Å². The van der Waals surface area contributed by atoms with Gasteiger partial charge in [0.1, 0.15) is 5.82 Å². The monoisotopic (exact) mass is 644 g/mol. The van der Waals surface area contributed by atoms with E-state index in [1.807, 2.05) is 0 Å². The first-order valence-electron chi connectivity index (χ1n) is 13.1. The fraction of sp³-hybridized carbons (Fsp3) is 0.200. The van der Waals surface area contributed by atoms with Crippen molar-refractivity contribution in [3.05, 3.63) is 89.7 Å². The van der Waals surface area contributed by atoms with E-state index < -0.39 is 48.8 Å². The Morgan fingerprint density at radius 3 is 2.40 bits per heavy atom. The van der Waals surface area contributed by atoms with Gasteiger partial charge in [0.25, 0.3) is 5.91 Å². The molecule has 13 heteroatoms. The lowest BCUT2D eigenvalue weighted by molar-refractivity contribution is -0.136. The Labute approximate surface area is 252 Å². The molecule has 0 bridgehead atoms. The van der Waals surface area contributed by atoms with Gasteiger partial charge in [-0.2, -0.15) is 0 Å². The first-order valence-corrected chi connectivity index (χ1v) is 16.8. The highest BCUT2D eigenvalue weighted by Gasteiger charge is 2.55. The van der Waals surface area contributed by atoms with Gasteiger partial charge in [0.2, 0.25) is 14.7 Å². The average molecular weight is 645 g/mol. The van der Waals surface area contributed by atoms with Crippen LogP contribution in [0, 0.1) is 5.82 Å². The lowest BCUT2D eigenvalue weighted by atomic mass is 10.0. The minimum atomic E-state index is -4.58. The van der Waals surface area contributed by atoms with E-state index in [-0.39, 0.29) is 46.0 Å². The molecular formula is C30H26ClFN2O7S2. The number of halogens is 2. The highest BCUT2D eigenvalue weighted by atomic mass is 35.5. The Morgan fingerprint density at radius 1 is 1.00 bits per heavy atom. The summed E-state index contributed by atoms with van der Waals surface area (Å²) in [5.41, 5.74) is 0.277. The number of carbonyl (C=O) groups is 2. The number of nitrogens with zero attached hydrogens (tertiary/aromatic N) is 1. The summed E-state index contributed by atoms with van der Waals surface area (Å²) in [6, 6.07) is 19.0. The van der Waals surface area contributed by atoms with Gasteiger partial charge < -0.3 is 10.0 Å². The summed E-state index contributed by atoms with van der Waals surface area (Å²) in [6.07, 6.45) is 0.898. The van der Waals surface area contributed by atoms with E-state index in [1.165, 1.54) is 42.5 Å². The van der Waals surface area contributed by atoms with Crippen LogP contribution >= 0.6 is 11.6 Å². The van der Waals surface area contributed by atoms with Gasteiger partial charge >= 0.3 is 5.97 Å². The number of hydrogen-bond donors (Lipinski definition) is 2. The first kappa shape index (κ1) is 30.6. The third-order valence-electron chi connectivity index (χ3n) is 7.41. The number of benzene rings is 4. The summed E-state index contributed by atoms with van der Waals surface area (Å²) in [6.45, 7) is -0.872. The minimum Gasteiger partial charge on any atom is -0.480 e. The number of aliphatic carboxylic acids is 1. The number of sulfone groups is 2. The number of fused-ring (bicyclic) bond motifs is 1. The van der Waals surface area contributed by atoms with Crippen LogP contribution in [-0.2, 0) is 29.3 Å². The van der Waals surface area contributed by atoms with Crippen molar-refractivity contribution in [3.63, 3.8) is 0 Å². The Bertz CT molecular complexity index is 2000. The lowest BCUT2D eigenvalue weighted by Crippen LogP contribution is -2.66. The lowest BCUT2D eigenvalue weighted by Gasteiger charge is -2.41. The van der Waals surface area contributed by atoms with Crippen LogP contribution < -0.4 is 10.2 Å². The number of rotatable bonds is 8. The molecule has 0 spiro atoms. The van der Waals surface area contributed by atoms with Crippen molar-refractivity contribution >= 4 is 59.6 Å². The SMILES string of the molecule is CS(=O)(=O)c1ccccc1-c1ccc(N2CCCC(NCC(=O)O)(S(=O)(=O)c3ccc4cc(Cl)ccc4c3)C2=O)c(F)c1. The maximum atomic E-state index is 15.7. The van der Waals surface area contributed by atoms with Crippen molar-refractivity contribution in [1.82, 2.24) is 5.32 Å². The smallest absolute Gasteiger partial charge is 0.317 e. The molecule has 5 rings (SSSR count). The van der Waals surface area contributed by atoms with Crippen molar-refractivity contribution in [3.8, 4) is 11.1 Å². The topological polar surface area (TPSA) is 138 Å². The molecule has 0 aliphatic carbocycles. The quantitative estimate of drug-likeness (QED) is 0.282. The molecule has 1 amide bonds. The summed E-state index contributed by atoms with van der Waals surface area (Å²) in [5, 5.41) is 13.5. The standard InChI is InChI=1S/C30H26ClFN2O7S2/c1-42(38,39)27-6-3-2-5-24(27)21-9-12-26(25(32)17-21)34-14-4-13-30(29(34)37,33-18-28(35)36)43(40,41)23-11-8-19-15-22(31)10-7-20(19)16-23/h2-3,5-12,15-17,33H,4,13-14,18H2,1H3,(H,35,36). The molecule has 224 valence electrons. The molecule has 4 aromatic carbocycles. The van der Waals surface area contributed by atoms with Crippen LogP contribution in [0.4, 0.5) is 10.1 Å². The van der Waals surface area contributed by atoms with E-state index in [2.05, 4.69) is 5.32 Å². The normalized spacial score (nSPS) is 17.7. The van der Waals surface area contributed by atoms with Crippen LogP contribution in [0.1, 0.15) is 12.8 Å². The molecule has 2 N–H and O–H groups in total. The number of carbonyl (C=O) groups excluding carboxylic acids is 1. The summed E-state index contributed by atoms with van der Waals surface area (Å²) < 4.78 is 68.7. The van der Waals surface area contributed by atoms with Gasteiger partial charge in [-0.3, -0.25) is 14.9 Å². The second-order valence-corrected chi connectivity index (χ2v) is 14.8. The Balaban J connectivity index is 1.58. The molecule has 1 aliphatic rings. The summed E-state index contributed by atoms with van der Waals surface area (Å²) >= 11 is 6.05. The molecule has 1 atom stereocenters. The van der Waals surface area contributed by atoms with Gasteiger partial charge in [0.15, 0.2) is 9.84 Å². The summed E-state index contributed by atoms with van der Waals surface area (Å²) in [5.74, 6) is -3.30. The molecule has 1 fully saturated rings. The van der Waals surface area contributed by atoms with E-state index in [1.54, 1.807) is 30.3 Å². The van der Waals surface area contributed by atoms with Crippen molar-refractivity contribution in [2.75, 3.05) is 24.2 Å². The zero-order valence-corrected chi connectivity index (χ0v) is 25.1. The molecule has 0 saturated carbocycles. The van der Waals surface area contributed by atoms with Crippen LogP contribution in [0.15, 0.2) is 88.7 Å². The number of carboxylic acid groups (broad SMARTS) is 1. The van der Waals surface area contributed by atoms with Gasteiger partial charge in [-0.25, -0.2) is 21.2 Å². The molecule has 1 heterocycles. The molecule has 9 nitrogen and oxygen atoms in total. The maximum absolute atomic E-state index is 15.7. The van der Waals surface area contributed by atoms with Crippen LogP contribution in [0.25, 0.3) is 21.9 Å². The third-order valence-corrected chi connectivity index (χ3v) is 11.1. The molecule has 0 radical (unpaired) electrons. The zero-order valence-electron chi connectivity index (χ0n) is 22.8. The van der Waals surface area contributed by atoms with E-state index >= 15 is 4.39 Å². The highest BCUT2D eigenvalue weighted by molar-refractivity contribution is 7.93. The molecule has 0 aromatic heterocycles. The van der Waals surface area contributed by atoms with Crippen molar-refractivity contribution < 1.29 is 35.9 Å². The first-order chi connectivity index (χ1) is 20.2. The predicted octanol–water partition coefficient (Wildman–Crippen LogP) is 4.67. The molecule has 43 heavy (non-hydrogen) atoms. The fourth-order valence-electron chi connectivity index (χ4n) is 5.35. The maximum Gasteiger partial charge on any atom is 0.317 e. The Hall–Kier alpha value is -3.84. The number of piperidine rings is 1. The molecule has 1 saturated heterocycles. The van der Waals surface area contributed by atoms with Crippen LogP contribution in [0.5, 0.6) is 0 Å². The van der Waals surface area contributed by atoms with Crippen LogP contribution in [0.2, 0.25) is 5.02 Å². The van der Waals surface area contributed by atoms with E-state index in [4.69, 9.17) is 11.6 Å². The Kier molecular flexibility index (Phi) is 8.07. The number of hydrogen-bond acceptors (Lipinski definition) is 7. The minimum absolute atomic E-state index is 0.00293. The highest BCUT2D eigenvalue weighted by Crippen LogP contribution is 2.38. The second-order valence-electron chi connectivity index (χ2n) is 10.2. The molecular weight excluding hydrogens is 619 g/mol. The number of anilines is 1. The van der Waals surface area contributed by atoms with Gasteiger partial charge in [0, 0.05) is 23.4 Å². The fourth-order valence-corrected chi connectivity index (χ4v) is 8.39. The average Bonchev–Trinajstić information content (AvgIpc) is 2.96. The van der Waals surface area contributed by atoms with E-state index in [9.17, 15) is 31.5 Å². The largest absolute Gasteiger partial charge is 0.480 e. The van der Waals surface area contributed by atoms with Gasteiger partial charge in [-0.1, -0.05) is 48.0 Å². The number of nitrogens with one attached hydrogen (secondary N) is 1. The van der Waals surface area contributed by atoms with Gasteiger partial charge in [-0.05, 0) is 71.6 Å². The van der Waals surface area contributed by atoms with E-state index in [0.717, 1.165) is 17.2 Å². The third kappa shape index (κ3) is 5.63. The zero-order chi connectivity index (χ0) is 31.2. The molecule has 1 aliphatic heterocycles. The Morgan fingerprint density at radius 2 is 1.70 bits per heavy atom. The van der Waals surface area contributed by atoms with Crippen molar-refractivity contribution in [2.45, 2.75) is 27.5 Å². The summed E-state index contributed by atoms with van der Waals surface area (Å²) in [4.78, 5) is 24.0. The van der Waals surface area contributed by atoms with E-state index in [0.29, 0.717) is 15.8 Å². The predicted molar refractivity (Wildman–Crippen MR) is 161 cm³/mol. The van der Waals surface area contributed by atoms with Crippen LogP contribution in [0.3, 0.4) is 0 Å². The number of carboxylic acids is 1. The summed E-state index contributed by atoms with van der Waals surface area (Å²) in [7, 11) is -8.22. The molecule has 4 aromatic rings. The van der Waals surface area contributed by atoms with Crippen LogP contribution in [-0.4, -0.2) is 58.0 Å². The van der Waals surface area contributed by atoms with Gasteiger partial charge in [0.05, 0.1) is 22.0 Å². The molecule has 1 unspecified atom stereocenters. The van der Waals surface area contributed by atoms with Gasteiger partial charge in [-0.15, -0.1) is 0 Å². The van der Waals surface area contributed by atoms with Crippen molar-refractivity contribution in [1.29, 1.82) is 0 Å². The number of amides is 1.